The number of hydrogen-bond donors (Lipinski definition) is 1. The van der Waals surface area contributed by atoms with Gasteiger partial charge in [0.2, 0.25) is 0 Å². The van der Waals surface area contributed by atoms with Gasteiger partial charge < -0.3 is 14.7 Å². The van der Waals surface area contributed by atoms with Gasteiger partial charge in [0.25, 0.3) is 5.91 Å². The summed E-state index contributed by atoms with van der Waals surface area (Å²) in [5.74, 6) is 1.80. The first-order valence-corrected chi connectivity index (χ1v) is 12.3. The Labute approximate surface area is 186 Å². The van der Waals surface area contributed by atoms with E-state index < -0.39 is 0 Å². The molecule has 0 aromatic heterocycles. The Morgan fingerprint density at radius 3 is 2.55 bits per heavy atom. The maximum atomic E-state index is 12.7. The number of aromatic hydroxyl groups is 1. The van der Waals surface area contributed by atoms with Gasteiger partial charge in [-0.15, -0.1) is 0 Å². The zero-order valence-corrected chi connectivity index (χ0v) is 18.9. The van der Waals surface area contributed by atoms with E-state index in [0.29, 0.717) is 23.9 Å². The molecule has 0 radical (unpaired) electrons. The number of hydrogen-bond acceptors (Lipinski definition) is 4. The smallest absolute Gasteiger partial charge is 0.302 e. The van der Waals surface area contributed by atoms with Crippen molar-refractivity contribution in [1.29, 1.82) is 0 Å². The Morgan fingerprint density at radius 2 is 1.84 bits per heavy atom. The molecule has 3 aliphatic rings. The van der Waals surface area contributed by atoms with Crippen LogP contribution >= 0.6 is 0 Å². The number of ether oxygens (including phenoxy) is 1. The van der Waals surface area contributed by atoms with Crippen LogP contribution in [0.4, 0.5) is 0 Å². The van der Waals surface area contributed by atoms with Crippen molar-refractivity contribution >= 4 is 11.9 Å². The molecule has 1 unspecified atom stereocenters. The zero-order chi connectivity index (χ0) is 21.8. The van der Waals surface area contributed by atoms with Crippen LogP contribution < -0.4 is 0 Å². The number of esters is 1. The van der Waals surface area contributed by atoms with Gasteiger partial charge in [-0.1, -0.05) is 38.2 Å². The van der Waals surface area contributed by atoms with Gasteiger partial charge in [-0.2, -0.15) is 0 Å². The van der Waals surface area contributed by atoms with Crippen molar-refractivity contribution in [3.63, 3.8) is 0 Å². The summed E-state index contributed by atoms with van der Waals surface area (Å²) in [6.07, 6.45) is 13.3. The fourth-order valence-corrected chi connectivity index (χ4v) is 6.03. The number of phenols is 1. The van der Waals surface area contributed by atoms with Gasteiger partial charge in [-0.05, 0) is 74.0 Å². The molecule has 1 aromatic rings. The van der Waals surface area contributed by atoms with E-state index in [9.17, 15) is 14.7 Å². The van der Waals surface area contributed by atoms with Crippen LogP contribution in [-0.2, 0) is 16.1 Å². The molecule has 0 bridgehead atoms. The molecule has 1 atom stereocenters. The summed E-state index contributed by atoms with van der Waals surface area (Å²) in [4.78, 5) is 26.4. The van der Waals surface area contributed by atoms with Crippen LogP contribution in [0.25, 0.3) is 0 Å². The lowest BCUT2D eigenvalue weighted by atomic mass is 9.77. The van der Waals surface area contributed by atoms with E-state index in [2.05, 4.69) is 0 Å². The van der Waals surface area contributed by atoms with Crippen molar-refractivity contribution in [1.82, 2.24) is 4.90 Å². The summed E-state index contributed by atoms with van der Waals surface area (Å²) in [5, 5.41) is 9.69. The number of nitrogens with zero attached hydrogens (tertiary/aromatic N) is 1. The zero-order valence-electron chi connectivity index (χ0n) is 18.9. The predicted octanol–water partition coefficient (Wildman–Crippen LogP) is 5.45. The Hall–Kier alpha value is -2.04. The Balaban J connectivity index is 1.27. The van der Waals surface area contributed by atoms with Crippen LogP contribution in [-0.4, -0.2) is 34.5 Å². The summed E-state index contributed by atoms with van der Waals surface area (Å²) in [5.41, 5.74) is 1.65. The Kier molecular flexibility index (Phi) is 7.19. The van der Waals surface area contributed by atoms with Gasteiger partial charge in [0, 0.05) is 25.6 Å². The molecule has 5 nitrogen and oxygen atoms in total. The molecule has 0 spiro atoms. The van der Waals surface area contributed by atoms with E-state index in [1.807, 2.05) is 11.0 Å². The number of rotatable bonds is 7. The Bertz CT molecular complexity index is 778. The maximum Gasteiger partial charge on any atom is 0.302 e. The molecule has 1 N–H and O–H groups in total. The lowest BCUT2D eigenvalue weighted by molar-refractivity contribution is -0.150. The standard InChI is InChI=1S/C26H37NO4/c1-18(28)31-25(14-9-19-5-3-2-4-6-19)21-10-7-20(8-11-21)16-27-17-22-12-13-23(29)15-24(22)26(27)30/h12-13,15,19-21,25,29H,2-11,14,16-17H2,1H3. The van der Waals surface area contributed by atoms with E-state index in [4.69, 9.17) is 4.74 Å². The molecule has 1 aromatic carbocycles. The average Bonchev–Trinajstić information content (AvgIpc) is 3.07. The highest BCUT2D eigenvalue weighted by molar-refractivity contribution is 5.98. The summed E-state index contributed by atoms with van der Waals surface area (Å²) in [7, 11) is 0. The van der Waals surface area contributed by atoms with Crippen LogP contribution in [0.5, 0.6) is 5.75 Å². The SMILES string of the molecule is CC(=O)OC(CCC1CCCCC1)C1CCC(CN2Cc3ccc(O)cc3C2=O)CC1. The first kappa shape index (κ1) is 22.2. The lowest BCUT2D eigenvalue weighted by Gasteiger charge is -2.35. The molecule has 0 saturated heterocycles. The minimum atomic E-state index is -0.153. The Morgan fingerprint density at radius 1 is 1.10 bits per heavy atom. The highest BCUT2D eigenvalue weighted by Crippen LogP contribution is 2.37. The third kappa shape index (κ3) is 5.61. The average molecular weight is 428 g/mol. The number of fused-ring (bicyclic) bond motifs is 1. The van der Waals surface area contributed by atoms with Crippen molar-refractivity contribution in [3.8, 4) is 5.75 Å². The quantitative estimate of drug-likeness (QED) is 0.588. The van der Waals surface area contributed by atoms with E-state index in [1.54, 1.807) is 12.1 Å². The molecule has 2 aliphatic carbocycles. The summed E-state index contributed by atoms with van der Waals surface area (Å²) < 4.78 is 5.79. The molecule has 31 heavy (non-hydrogen) atoms. The molecular formula is C26H37NO4. The van der Waals surface area contributed by atoms with Crippen molar-refractivity contribution in [2.75, 3.05) is 6.54 Å². The molecule has 170 valence electrons. The second kappa shape index (κ2) is 10.1. The maximum absolute atomic E-state index is 12.7. The van der Waals surface area contributed by atoms with E-state index in [0.717, 1.165) is 50.1 Å². The largest absolute Gasteiger partial charge is 0.508 e. The summed E-state index contributed by atoms with van der Waals surface area (Å²) >= 11 is 0. The third-order valence-electron chi connectivity index (χ3n) is 7.77. The minimum Gasteiger partial charge on any atom is -0.508 e. The van der Waals surface area contributed by atoms with E-state index in [-0.39, 0.29) is 23.7 Å². The first-order valence-electron chi connectivity index (χ1n) is 12.3. The van der Waals surface area contributed by atoms with Gasteiger partial charge in [-0.3, -0.25) is 9.59 Å². The van der Waals surface area contributed by atoms with E-state index >= 15 is 0 Å². The van der Waals surface area contributed by atoms with Crippen molar-refractivity contribution in [2.45, 2.75) is 90.2 Å². The monoisotopic (exact) mass is 427 g/mol. The minimum absolute atomic E-state index is 0.0401. The van der Waals surface area contributed by atoms with Crippen molar-refractivity contribution < 1.29 is 19.4 Å². The van der Waals surface area contributed by atoms with Crippen LogP contribution in [0.2, 0.25) is 0 Å². The first-order chi connectivity index (χ1) is 15.0. The summed E-state index contributed by atoms with van der Waals surface area (Å²) in [6, 6.07) is 5.10. The van der Waals surface area contributed by atoms with Gasteiger partial charge in [0.05, 0.1) is 0 Å². The normalized spacial score (nSPS) is 25.3. The predicted molar refractivity (Wildman–Crippen MR) is 120 cm³/mol. The van der Waals surface area contributed by atoms with Crippen LogP contribution in [0.3, 0.4) is 0 Å². The van der Waals surface area contributed by atoms with Gasteiger partial charge in [0.1, 0.15) is 11.9 Å². The molecule has 4 rings (SSSR count). The second-order valence-corrected chi connectivity index (χ2v) is 10.0. The van der Waals surface area contributed by atoms with Crippen LogP contribution in [0.15, 0.2) is 18.2 Å². The molecule has 5 heteroatoms. The number of amides is 1. The third-order valence-corrected chi connectivity index (χ3v) is 7.77. The second-order valence-electron chi connectivity index (χ2n) is 10.0. The van der Waals surface area contributed by atoms with Gasteiger partial charge in [-0.25, -0.2) is 0 Å². The summed E-state index contributed by atoms with van der Waals surface area (Å²) in [6.45, 7) is 2.96. The number of phenolic OH excluding ortho intramolecular Hbond substituents is 1. The van der Waals surface area contributed by atoms with E-state index in [1.165, 1.54) is 45.4 Å². The molecule has 1 heterocycles. The van der Waals surface area contributed by atoms with Crippen molar-refractivity contribution in [3.05, 3.63) is 29.3 Å². The molecule has 1 amide bonds. The fourth-order valence-electron chi connectivity index (χ4n) is 6.03. The fraction of sp³-hybridized carbons (Fsp3) is 0.692. The number of carbonyl (C=O) groups excluding carboxylic acids is 2. The topological polar surface area (TPSA) is 66.8 Å². The number of benzene rings is 1. The molecular weight excluding hydrogens is 390 g/mol. The highest BCUT2D eigenvalue weighted by atomic mass is 16.5. The highest BCUT2D eigenvalue weighted by Gasteiger charge is 2.34. The molecule has 2 saturated carbocycles. The number of carbonyl (C=O) groups is 2. The van der Waals surface area contributed by atoms with Gasteiger partial charge >= 0.3 is 5.97 Å². The van der Waals surface area contributed by atoms with Crippen LogP contribution in [0.1, 0.15) is 93.5 Å². The lowest BCUT2D eigenvalue weighted by Crippen LogP contribution is -2.35. The van der Waals surface area contributed by atoms with Gasteiger partial charge in [0.15, 0.2) is 0 Å². The van der Waals surface area contributed by atoms with Crippen LogP contribution in [0, 0.1) is 17.8 Å². The van der Waals surface area contributed by atoms with Crippen molar-refractivity contribution in [2.24, 2.45) is 17.8 Å². The molecule has 1 aliphatic heterocycles. The molecule has 2 fully saturated rings.